The van der Waals surface area contributed by atoms with Crippen LogP contribution >= 0.6 is 0 Å². The monoisotopic (exact) mass is 168 g/mol. The van der Waals surface area contributed by atoms with Crippen LogP contribution in [0.5, 0.6) is 0 Å². The first kappa shape index (κ1) is 10.6. The van der Waals surface area contributed by atoms with Gasteiger partial charge in [0.25, 0.3) is 0 Å². The molecule has 1 N–H and O–H groups in total. The molecule has 66 valence electrons. The molecule has 0 aliphatic carbocycles. The Balaban J connectivity index is 0.000000561. The fraction of sp³-hybridized carbons (Fsp3) is 0.375. The molecule has 4 heteroatoms. The number of aromatic carboxylic acids is 1. The first-order chi connectivity index (χ1) is 5.70. The summed E-state index contributed by atoms with van der Waals surface area (Å²) in [6.45, 7) is 5.69. The molecular formula is C8H12N2O2. The molecule has 0 aliphatic rings. The van der Waals surface area contributed by atoms with Crippen LogP contribution < -0.4 is 0 Å². The van der Waals surface area contributed by atoms with Crippen molar-refractivity contribution in [3.05, 3.63) is 23.8 Å². The lowest BCUT2D eigenvalue weighted by Crippen LogP contribution is -2.01. The molecule has 1 aromatic rings. The summed E-state index contributed by atoms with van der Waals surface area (Å²) in [4.78, 5) is 17.6. The summed E-state index contributed by atoms with van der Waals surface area (Å²) in [6.07, 6.45) is 2.72. The van der Waals surface area contributed by atoms with Gasteiger partial charge in [-0.1, -0.05) is 13.8 Å². The second kappa shape index (κ2) is 5.23. The first-order valence-electron chi connectivity index (χ1n) is 3.72. The van der Waals surface area contributed by atoms with Crippen LogP contribution in [0.4, 0.5) is 0 Å². The quantitative estimate of drug-likeness (QED) is 0.690. The first-order valence-corrected chi connectivity index (χ1v) is 3.72. The van der Waals surface area contributed by atoms with E-state index in [0.717, 1.165) is 0 Å². The van der Waals surface area contributed by atoms with E-state index in [9.17, 15) is 4.79 Å². The molecule has 0 saturated carbocycles. The standard InChI is InChI=1S/C6H6N2O2.C2H6/c1-4-2-7-3-5(8-4)6(9)10;1-2/h2-3H,1H3,(H,9,10);1-2H3. The van der Waals surface area contributed by atoms with E-state index in [1.54, 1.807) is 6.92 Å². The molecule has 0 atom stereocenters. The van der Waals surface area contributed by atoms with Crippen molar-refractivity contribution in [1.82, 2.24) is 9.97 Å². The van der Waals surface area contributed by atoms with Gasteiger partial charge in [0.1, 0.15) is 0 Å². The number of carboxylic acids is 1. The highest BCUT2D eigenvalue weighted by molar-refractivity contribution is 5.84. The average molecular weight is 168 g/mol. The highest BCUT2D eigenvalue weighted by Gasteiger charge is 2.02. The third-order valence-corrected chi connectivity index (χ3v) is 0.974. The minimum atomic E-state index is -1.05. The maximum atomic E-state index is 10.3. The van der Waals surface area contributed by atoms with E-state index >= 15 is 0 Å². The third kappa shape index (κ3) is 3.09. The van der Waals surface area contributed by atoms with Crippen LogP contribution in [0.3, 0.4) is 0 Å². The fourth-order valence-corrected chi connectivity index (χ4v) is 0.567. The molecule has 12 heavy (non-hydrogen) atoms. The van der Waals surface area contributed by atoms with Crippen LogP contribution in [0.2, 0.25) is 0 Å². The smallest absolute Gasteiger partial charge is 0.356 e. The van der Waals surface area contributed by atoms with Crippen LogP contribution in [0.15, 0.2) is 12.4 Å². The Labute approximate surface area is 71.3 Å². The Morgan fingerprint density at radius 3 is 2.33 bits per heavy atom. The van der Waals surface area contributed by atoms with Gasteiger partial charge in [0.2, 0.25) is 0 Å². The Hall–Kier alpha value is -1.45. The number of aryl methyl sites for hydroxylation is 1. The Kier molecular flexibility index (Phi) is 4.60. The summed E-state index contributed by atoms with van der Waals surface area (Å²) in [5, 5.41) is 8.41. The molecule has 1 rings (SSSR count). The predicted molar refractivity (Wildman–Crippen MR) is 45.1 cm³/mol. The van der Waals surface area contributed by atoms with Gasteiger partial charge in [-0.2, -0.15) is 0 Å². The molecule has 1 aromatic heterocycles. The van der Waals surface area contributed by atoms with Gasteiger partial charge in [0.05, 0.1) is 11.9 Å². The van der Waals surface area contributed by atoms with Gasteiger partial charge in [0.15, 0.2) is 5.69 Å². The van der Waals surface area contributed by atoms with Crippen molar-refractivity contribution < 1.29 is 9.90 Å². The van der Waals surface area contributed by atoms with Crippen LogP contribution in [-0.2, 0) is 0 Å². The number of hydrogen-bond donors (Lipinski definition) is 1. The van der Waals surface area contributed by atoms with Crippen molar-refractivity contribution in [2.75, 3.05) is 0 Å². The molecule has 0 aliphatic heterocycles. The second-order valence-corrected chi connectivity index (χ2v) is 1.85. The van der Waals surface area contributed by atoms with Gasteiger partial charge in [-0.05, 0) is 6.92 Å². The van der Waals surface area contributed by atoms with Crippen molar-refractivity contribution >= 4 is 5.97 Å². The predicted octanol–water partition coefficient (Wildman–Crippen LogP) is 1.51. The van der Waals surface area contributed by atoms with Crippen molar-refractivity contribution in [3.63, 3.8) is 0 Å². The van der Waals surface area contributed by atoms with Crippen molar-refractivity contribution in [2.45, 2.75) is 20.8 Å². The lowest BCUT2D eigenvalue weighted by molar-refractivity contribution is 0.0689. The summed E-state index contributed by atoms with van der Waals surface area (Å²) in [7, 11) is 0. The summed E-state index contributed by atoms with van der Waals surface area (Å²) in [5.74, 6) is -1.05. The summed E-state index contributed by atoms with van der Waals surface area (Å²) < 4.78 is 0. The van der Waals surface area contributed by atoms with Gasteiger partial charge >= 0.3 is 5.97 Å². The molecule has 4 nitrogen and oxygen atoms in total. The maximum Gasteiger partial charge on any atom is 0.356 e. The minimum Gasteiger partial charge on any atom is -0.476 e. The normalized spacial score (nSPS) is 8.25. The highest BCUT2D eigenvalue weighted by Crippen LogP contribution is 1.93. The van der Waals surface area contributed by atoms with Gasteiger partial charge in [-0.15, -0.1) is 0 Å². The molecule has 0 radical (unpaired) electrons. The number of rotatable bonds is 1. The number of carbonyl (C=O) groups is 1. The Morgan fingerprint density at radius 2 is 2.00 bits per heavy atom. The molecule has 0 fully saturated rings. The van der Waals surface area contributed by atoms with Gasteiger partial charge < -0.3 is 5.11 Å². The number of carboxylic acid groups (broad SMARTS) is 1. The lowest BCUT2D eigenvalue weighted by atomic mass is 10.4. The van der Waals surface area contributed by atoms with Crippen LogP contribution in [-0.4, -0.2) is 21.0 Å². The molecule has 0 amide bonds. The van der Waals surface area contributed by atoms with Crippen LogP contribution in [0, 0.1) is 6.92 Å². The number of hydrogen-bond acceptors (Lipinski definition) is 3. The van der Waals surface area contributed by atoms with Crippen molar-refractivity contribution in [2.24, 2.45) is 0 Å². The SMILES string of the molecule is CC.Cc1cncc(C(=O)O)n1. The largest absolute Gasteiger partial charge is 0.476 e. The molecule has 0 aromatic carbocycles. The lowest BCUT2D eigenvalue weighted by Gasteiger charge is -1.92. The zero-order chi connectivity index (χ0) is 9.56. The maximum absolute atomic E-state index is 10.3. The molecule has 0 unspecified atom stereocenters. The number of aromatic nitrogens is 2. The molecule has 0 bridgehead atoms. The van der Waals surface area contributed by atoms with Crippen LogP contribution in [0.25, 0.3) is 0 Å². The van der Waals surface area contributed by atoms with E-state index in [-0.39, 0.29) is 5.69 Å². The van der Waals surface area contributed by atoms with E-state index < -0.39 is 5.97 Å². The van der Waals surface area contributed by atoms with E-state index in [1.807, 2.05) is 13.8 Å². The summed E-state index contributed by atoms with van der Waals surface area (Å²) >= 11 is 0. The Morgan fingerprint density at radius 1 is 1.42 bits per heavy atom. The average Bonchev–Trinajstić information content (AvgIpc) is 2.08. The minimum absolute atomic E-state index is 0.0139. The fourth-order valence-electron chi connectivity index (χ4n) is 0.567. The summed E-state index contributed by atoms with van der Waals surface area (Å²) in [5.41, 5.74) is 0.597. The summed E-state index contributed by atoms with van der Waals surface area (Å²) in [6, 6.07) is 0. The van der Waals surface area contributed by atoms with E-state index in [0.29, 0.717) is 5.69 Å². The topological polar surface area (TPSA) is 63.1 Å². The third-order valence-electron chi connectivity index (χ3n) is 0.974. The molecule has 0 spiro atoms. The van der Waals surface area contributed by atoms with E-state index in [2.05, 4.69) is 9.97 Å². The van der Waals surface area contributed by atoms with Gasteiger partial charge in [-0.25, -0.2) is 9.78 Å². The van der Waals surface area contributed by atoms with Crippen molar-refractivity contribution in [1.29, 1.82) is 0 Å². The molecule has 1 heterocycles. The molecule has 0 saturated heterocycles. The zero-order valence-electron chi connectivity index (χ0n) is 7.40. The van der Waals surface area contributed by atoms with E-state index in [4.69, 9.17) is 5.11 Å². The second-order valence-electron chi connectivity index (χ2n) is 1.85. The van der Waals surface area contributed by atoms with Crippen molar-refractivity contribution in [3.8, 4) is 0 Å². The Bertz CT molecular complexity index is 261. The van der Waals surface area contributed by atoms with Gasteiger partial charge in [0, 0.05) is 6.20 Å². The molecular weight excluding hydrogens is 156 g/mol. The number of nitrogens with zero attached hydrogens (tertiary/aromatic N) is 2. The highest BCUT2D eigenvalue weighted by atomic mass is 16.4. The van der Waals surface area contributed by atoms with Crippen LogP contribution in [0.1, 0.15) is 30.0 Å². The van der Waals surface area contributed by atoms with Gasteiger partial charge in [-0.3, -0.25) is 4.98 Å². The van der Waals surface area contributed by atoms with E-state index in [1.165, 1.54) is 12.4 Å². The zero-order valence-corrected chi connectivity index (χ0v) is 7.40.